The van der Waals surface area contributed by atoms with E-state index in [2.05, 4.69) is 149 Å². The van der Waals surface area contributed by atoms with Gasteiger partial charge in [0.05, 0.1) is 0 Å². The van der Waals surface area contributed by atoms with Gasteiger partial charge in [0.1, 0.15) is 0 Å². The fourth-order valence-corrected chi connectivity index (χ4v) is 8.84. The second-order valence-corrected chi connectivity index (χ2v) is 14.8. The van der Waals surface area contributed by atoms with Crippen molar-refractivity contribution in [3.63, 3.8) is 0 Å². The third-order valence-corrected chi connectivity index (χ3v) is 11.3. The average Bonchev–Trinajstić information content (AvgIpc) is 3.54. The topological polar surface area (TPSA) is 38.7 Å². The first-order valence-corrected chi connectivity index (χ1v) is 17.5. The molecule has 1 aromatic heterocycles. The molecule has 1 heterocycles. The molecule has 0 amide bonds. The Hall–Kier alpha value is -5.93. The molecule has 2 aliphatic carbocycles. The molecule has 0 radical (unpaired) electrons. The lowest BCUT2D eigenvalue weighted by Gasteiger charge is -2.24. The number of hydrogen-bond acceptors (Lipinski definition) is 3. The lowest BCUT2D eigenvalue weighted by molar-refractivity contribution is 0.660. The number of rotatable bonds is 3. The predicted octanol–water partition coefficient (Wildman–Crippen LogP) is 11.8. The van der Waals surface area contributed by atoms with Crippen molar-refractivity contribution in [1.29, 1.82) is 0 Å². The highest BCUT2D eigenvalue weighted by molar-refractivity contribution is 6.17. The van der Waals surface area contributed by atoms with Crippen LogP contribution in [0.1, 0.15) is 49.9 Å². The maximum absolute atomic E-state index is 5.32. The summed E-state index contributed by atoms with van der Waals surface area (Å²) in [6.45, 7) is 9.32. The number of nitrogens with zero attached hydrogens (tertiary/aromatic N) is 3. The smallest absolute Gasteiger partial charge is 0.164 e. The molecule has 8 aromatic rings. The Kier molecular flexibility index (Phi) is 5.97. The Balaban J connectivity index is 1.21. The summed E-state index contributed by atoms with van der Waals surface area (Å²) in [5.74, 6) is 2.06. The highest BCUT2D eigenvalue weighted by Gasteiger charge is 2.40. The van der Waals surface area contributed by atoms with E-state index in [1.807, 2.05) is 18.2 Å². The number of aromatic nitrogens is 3. The molecule has 0 spiro atoms. The van der Waals surface area contributed by atoms with Crippen LogP contribution in [0.4, 0.5) is 0 Å². The van der Waals surface area contributed by atoms with Crippen molar-refractivity contribution in [2.75, 3.05) is 0 Å². The first-order valence-electron chi connectivity index (χ1n) is 17.5. The maximum Gasteiger partial charge on any atom is 0.164 e. The molecule has 50 heavy (non-hydrogen) atoms. The van der Waals surface area contributed by atoms with Crippen molar-refractivity contribution in [3.8, 4) is 56.4 Å². The monoisotopic (exact) mass is 641 g/mol. The SMILES string of the molecule is CC1(C)c2ccccc2-c2ccc(-c3nc(-c4ccccc4)nc(-c4cccc5c4C(C)(C)c4ccc6ccc7ccccc7c6c4-5)n3)cc21. The lowest BCUT2D eigenvalue weighted by Crippen LogP contribution is -2.17. The van der Waals surface area contributed by atoms with E-state index in [-0.39, 0.29) is 10.8 Å². The molecule has 238 valence electrons. The fraction of sp³-hybridized carbons (Fsp3) is 0.128. The van der Waals surface area contributed by atoms with Crippen molar-refractivity contribution in [2.24, 2.45) is 0 Å². The Morgan fingerprint density at radius 3 is 1.90 bits per heavy atom. The van der Waals surface area contributed by atoms with Gasteiger partial charge >= 0.3 is 0 Å². The summed E-state index contributed by atoms with van der Waals surface area (Å²) >= 11 is 0. The molecule has 0 bridgehead atoms. The van der Waals surface area contributed by atoms with Gasteiger partial charge < -0.3 is 0 Å². The Morgan fingerprint density at radius 2 is 1.04 bits per heavy atom. The van der Waals surface area contributed by atoms with Gasteiger partial charge in [-0.3, -0.25) is 0 Å². The molecule has 0 aliphatic heterocycles. The average molecular weight is 642 g/mol. The molecule has 0 fully saturated rings. The molecule has 0 saturated carbocycles. The zero-order valence-electron chi connectivity index (χ0n) is 28.6. The first kappa shape index (κ1) is 29.0. The van der Waals surface area contributed by atoms with Crippen LogP contribution >= 0.6 is 0 Å². The molecular weight excluding hydrogens is 607 g/mol. The van der Waals surface area contributed by atoms with Gasteiger partial charge in [0.15, 0.2) is 17.5 Å². The molecule has 7 aromatic carbocycles. The van der Waals surface area contributed by atoms with Gasteiger partial charge in [-0.2, -0.15) is 0 Å². The molecule has 0 N–H and O–H groups in total. The van der Waals surface area contributed by atoms with Gasteiger partial charge in [0, 0.05) is 27.5 Å². The van der Waals surface area contributed by atoms with E-state index in [9.17, 15) is 0 Å². The van der Waals surface area contributed by atoms with E-state index in [1.165, 1.54) is 66.1 Å². The maximum atomic E-state index is 5.32. The van der Waals surface area contributed by atoms with Crippen molar-refractivity contribution in [3.05, 3.63) is 162 Å². The fourth-order valence-electron chi connectivity index (χ4n) is 8.84. The highest BCUT2D eigenvalue weighted by atomic mass is 15.0. The van der Waals surface area contributed by atoms with Crippen molar-refractivity contribution in [2.45, 2.75) is 38.5 Å². The zero-order chi connectivity index (χ0) is 33.8. The number of fused-ring (bicyclic) bond motifs is 10. The van der Waals surface area contributed by atoms with Crippen LogP contribution in [0.2, 0.25) is 0 Å². The standard InChI is InChI=1S/C47H35N3/c1-46(2)37-20-11-10-17-33(37)34-25-23-31(27-39(34)46)44-48-43(30-14-6-5-7-15-30)49-45(50-44)36-19-12-18-35-41-38(47(3,4)42(35)36)26-24-29-22-21-28-13-8-9-16-32(28)40(29)41/h5-27H,1-4H3. The summed E-state index contributed by atoms with van der Waals surface area (Å²) in [5, 5.41) is 5.11. The normalized spacial score (nSPS) is 14.7. The highest BCUT2D eigenvalue weighted by Crippen LogP contribution is 2.55. The van der Waals surface area contributed by atoms with Crippen LogP contribution in [0.15, 0.2) is 140 Å². The van der Waals surface area contributed by atoms with Gasteiger partial charge in [-0.1, -0.05) is 161 Å². The molecule has 10 rings (SSSR count). The molecule has 2 aliphatic rings. The molecule has 0 unspecified atom stereocenters. The third-order valence-electron chi connectivity index (χ3n) is 11.3. The van der Waals surface area contributed by atoms with Gasteiger partial charge in [-0.25, -0.2) is 15.0 Å². The molecule has 3 heteroatoms. The minimum atomic E-state index is -0.268. The van der Waals surface area contributed by atoms with Gasteiger partial charge in [-0.05, 0) is 72.1 Å². The number of benzene rings is 7. The molecular formula is C47H35N3. The van der Waals surface area contributed by atoms with E-state index in [1.54, 1.807) is 0 Å². The summed E-state index contributed by atoms with van der Waals surface area (Å²) in [6.07, 6.45) is 0. The Labute approximate surface area is 292 Å². The Morgan fingerprint density at radius 1 is 0.400 bits per heavy atom. The summed E-state index contributed by atoms with van der Waals surface area (Å²) in [7, 11) is 0. The van der Waals surface area contributed by atoms with Crippen molar-refractivity contribution >= 4 is 21.5 Å². The van der Waals surface area contributed by atoms with E-state index in [0.29, 0.717) is 17.5 Å². The molecule has 0 atom stereocenters. The molecule has 3 nitrogen and oxygen atoms in total. The van der Waals surface area contributed by atoms with Crippen LogP contribution in [0.3, 0.4) is 0 Å². The second kappa shape index (κ2) is 10.3. The van der Waals surface area contributed by atoms with Crippen molar-refractivity contribution in [1.82, 2.24) is 15.0 Å². The summed E-state index contributed by atoms with van der Waals surface area (Å²) < 4.78 is 0. The predicted molar refractivity (Wildman–Crippen MR) is 206 cm³/mol. The van der Waals surface area contributed by atoms with Crippen molar-refractivity contribution < 1.29 is 0 Å². The second-order valence-electron chi connectivity index (χ2n) is 14.8. The van der Waals surface area contributed by atoms with Gasteiger partial charge in [0.2, 0.25) is 0 Å². The van der Waals surface area contributed by atoms with Crippen LogP contribution in [0.25, 0.3) is 78.0 Å². The van der Waals surface area contributed by atoms with E-state index in [0.717, 1.165) is 16.7 Å². The van der Waals surface area contributed by atoms with E-state index < -0.39 is 0 Å². The van der Waals surface area contributed by atoms with Gasteiger partial charge in [0.25, 0.3) is 0 Å². The van der Waals surface area contributed by atoms with E-state index in [4.69, 9.17) is 15.0 Å². The third kappa shape index (κ3) is 4.01. The van der Waals surface area contributed by atoms with Crippen LogP contribution < -0.4 is 0 Å². The van der Waals surface area contributed by atoms with Gasteiger partial charge in [-0.15, -0.1) is 0 Å². The minimum absolute atomic E-state index is 0.122. The summed E-state index contributed by atoms with van der Waals surface area (Å²) in [5.41, 5.74) is 13.0. The Bertz CT molecular complexity index is 2700. The molecule has 0 saturated heterocycles. The first-order chi connectivity index (χ1) is 24.3. The van der Waals surface area contributed by atoms with Crippen LogP contribution in [-0.4, -0.2) is 15.0 Å². The summed E-state index contributed by atoms with van der Waals surface area (Å²) in [6, 6.07) is 50.3. The largest absolute Gasteiger partial charge is 0.208 e. The lowest BCUT2D eigenvalue weighted by atomic mass is 9.79. The van der Waals surface area contributed by atoms with Crippen LogP contribution in [0, 0.1) is 0 Å². The summed E-state index contributed by atoms with van der Waals surface area (Å²) in [4.78, 5) is 15.7. The minimum Gasteiger partial charge on any atom is -0.208 e. The van der Waals surface area contributed by atoms with Crippen LogP contribution in [-0.2, 0) is 10.8 Å². The van der Waals surface area contributed by atoms with E-state index >= 15 is 0 Å². The van der Waals surface area contributed by atoms with Crippen LogP contribution in [0.5, 0.6) is 0 Å². The number of hydrogen-bond donors (Lipinski definition) is 0. The quantitative estimate of drug-likeness (QED) is 0.180. The zero-order valence-corrected chi connectivity index (χ0v) is 28.6.